The van der Waals surface area contributed by atoms with Gasteiger partial charge in [-0.05, 0) is 108 Å². The third-order valence-electron chi connectivity index (χ3n) is 11.3. The third-order valence-corrected chi connectivity index (χ3v) is 11.3. The Morgan fingerprint density at radius 3 is 1.69 bits per heavy atom. The molecule has 54 heavy (non-hydrogen) atoms. The minimum absolute atomic E-state index is 0.0575. The summed E-state index contributed by atoms with van der Waals surface area (Å²) in [6, 6.07) is 21.4. The van der Waals surface area contributed by atoms with E-state index < -0.39 is 17.3 Å². The van der Waals surface area contributed by atoms with Gasteiger partial charge in [0.05, 0.1) is 0 Å². The van der Waals surface area contributed by atoms with Gasteiger partial charge in [-0.3, -0.25) is 9.97 Å². The van der Waals surface area contributed by atoms with Crippen LogP contribution in [-0.2, 0) is 31.6 Å². The first-order valence-corrected chi connectivity index (χ1v) is 19.1. The summed E-state index contributed by atoms with van der Waals surface area (Å²) in [5.41, 5.74) is 7.72. The third kappa shape index (κ3) is 8.48. The van der Waals surface area contributed by atoms with E-state index in [1.807, 2.05) is 113 Å². The molecule has 2 aliphatic heterocycles. The lowest BCUT2D eigenvalue weighted by Crippen LogP contribution is -2.41. The summed E-state index contributed by atoms with van der Waals surface area (Å²) in [5.74, 6) is 1.50. The fraction of sp³-hybridized carbons (Fsp3) is 0.548. The molecule has 4 fully saturated rings. The molecule has 0 spiro atoms. The molecular weight excluding hydrogens is 684 g/mol. The van der Waals surface area contributed by atoms with Crippen LogP contribution >= 0.6 is 0 Å². The number of hydrogen-bond acceptors (Lipinski definition) is 9. The fourth-order valence-corrected chi connectivity index (χ4v) is 8.73. The molecular formula is C42H56N6O6. The predicted molar refractivity (Wildman–Crippen MR) is 204 cm³/mol. The van der Waals surface area contributed by atoms with E-state index in [9.17, 15) is 14.4 Å². The van der Waals surface area contributed by atoms with Crippen LogP contribution < -0.4 is 11.1 Å². The van der Waals surface area contributed by atoms with Crippen LogP contribution in [0.15, 0.2) is 79.1 Å². The molecule has 1 aromatic carbocycles. The van der Waals surface area contributed by atoms with E-state index in [0.717, 1.165) is 36.3 Å². The predicted octanol–water partition coefficient (Wildman–Crippen LogP) is 6.30. The number of piperidine rings is 2. The molecule has 0 bridgehead atoms. The number of likely N-dealkylation sites (tertiary alicyclic amines) is 2. The average Bonchev–Trinajstić information content (AvgIpc) is 4.03. The number of carbonyl (C=O) groups is 3. The van der Waals surface area contributed by atoms with Gasteiger partial charge in [0.2, 0.25) is 0 Å². The van der Waals surface area contributed by atoms with Gasteiger partial charge in [0, 0.05) is 73.9 Å². The second-order valence-corrected chi connectivity index (χ2v) is 17.0. The van der Waals surface area contributed by atoms with Crippen molar-refractivity contribution >= 4 is 18.3 Å². The molecule has 2 saturated carbocycles. The highest BCUT2D eigenvalue weighted by molar-refractivity contribution is 5.70. The lowest BCUT2D eigenvalue weighted by atomic mass is 9.96. The average molecular weight is 741 g/mol. The summed E-state index contributed by atoms with van der Waals surface area (Å²) >= 11 is 0. The summed E-state index contributed by atoms with van der Waals surface area (Å²) in [4.78, 5) is 50.0. The number of nitrogens with two attached hydrogens (primary N) is 1. The summed E-state index contributed by atoms with van der Waals surface area (Å²) in [7, 11) is 0. The van der Waals surface area contributed by atoms with Crippen LogP contribution in [0.4, 0.5) is 14.4 Å². The zero-order valence-electron chi connectivity index (χ0n) is 32.5. The van der Waals surface area contributed by atoms with E-state index in [4.69, 9.17) is 19.9 Å². The second-order valence-electron chi connectivity index (χ2n) is 17.0. The van der Waals surface area contributed by atoms with Crippen LogP contribution in [0.2, 0.25) is 0 Å². The molecule has 3 amide bonds. The fourth-order valence-electron chi connectivity index (χ4n) is 8.73. The highest BCUT2D eigenvalue weighted by atomic mass is 16.6. The molecule has 6 atom stereocenters. The molecule has 3 N–H and O–H groups in total. The SMILES string of the molecule is CC(C)(C)OC(=O)N1CCC2C(C1)C2(CN)c1ccccn1.CC(C)(C)OC(=O)N1CCC2C(C1)C2(CNC(=O)OCc1ccccc1)c1ccccn1. The molecule has 4 heterocycles. The highest BCUT2D eigenvalue weighted by Gasteiger charge is 2.68. The minimum Gasteiger partial charge on any atom is -0.445 e. The van der Waals surface area contributed by atoms with Crippen molar-refractivity contribution in [3.05, 3.63) is 96.1 Å². The van der Waals surface area contributed by atoms with Crippen LogP contribution in [0.5, 0.6) is 0 Å². The molecule has 4 aliphatic rings. The number of ether oxygens (including phenoxy) is 3. The summed E-state index contributed by atoms with van der Waals surface area (Å²) in [6.07, 6.45) is 4.47. The largest absolute Gasteiger partial charge is 0.445 e. The van der Waals surface area contributed by atoms with Crippen LogP contribution in [0.25, 0.3) is 0 Å². The first kappa shape index (κ1) is 39.0. The van der Waals surface area contributed by atoms with Gasteiger partial charge >= 0.3 is 18.3 Å². The van der Waals surface area contributed by atoms with Gasteiger partial charge in [0.15, 0.2) is 0 Å². The molecule has 2 aliphatic carbocycles. The van der Waals surface area contributed by atoms with Crippen molar-refractivity contribution in [3.63, 3.8) is 0 Å². The van der Waals surface area contributed by atoms with Gasteiger partial charge in [-0.1, -0.05) is 42.5 Å². The lowest BCUT2D eigenvalue weighted by molar-refractivity contribution is 0.0196. The van der Waals surface area contributed by atoms with Gasteiger partial charge in [-0.2, -0.15) is 0 Å². The van der Waals surface area contributed by atoms with Gasteiger partial charge in [-0.15, -0.1) is 0 Å². The van der Waals surface area contributed by atoms with Crippen molar-refractivity contribution in [2.24, 2.45) is 29.4 Å². The Balaban J connectivity index is 0.000000197. The van der Waals surface area contributed by atoms with Crippen molar-refractivity contribution in [2.75, 3.05) is 39.3 Å². The number of hydrogen-bond donors (Lipinski definition) is 2. The number of aromatic nitrogens is 2. The molecule has 12 nitrogen and oxygen atoms in total. The van der Waals surface area contributed by atoms with Gasteiger partial charge < -0.3 is 35.1 Å². The standard InChI is InChI=1S/C25H31N3O4.C17H25N3O2/c1-24(2,3)32-23(30)28-14-12-19-20(15-28)25(19,21-11-7-8-13-26-21)17-27-22(29)31-16-18-9-5-4-6-10-18;1-16(2,3)22-15(21)20-9-7-12-13(10-20)17(12,11-18)14-6-4-5-8-19-14/h4-11,13,19-20H,12,14-17H2,1-3H3,(H,27,29);4-6,8,12-13H,7,9-11,18H2,1-3H3. The van der Waals surface area contributed by atoms with Crippen molar-refractivity contribution < 1.29 is 28.6 Å². The number of amides is 3. The number of pyridine rings is 2. The topological polar surface area (TPSA) is 149 Å². The summed E-state index contributed by atoms with van der Waals surface area (Å²) in [6.45, 7) is 15.2. The Hall–Kier alpha value is -4.71. The lowest BCUT2D eigenvalue weighted by Gasteiger charge is -2.29. The van der Waals surface area contributed by atoms with Gasteiger partial charge in [-0.25, -0.2) is 14.4 Å². The number of rotatable bonds is 7. The Labute approximate surface area is 319 Å². The number of fused-ring (bicyclic) bond motifs is 2. The smallest absolute Gasteiger partial charge is 0.410 e. The van der Waals surface area contributed by atoms with Crippen molar-refractivity contribution in [2.45, 2.75) is 83.0 Å². The normalized spacial score (nSPS) is 26.9. The zero-order valence-corrected chi connectivity index (χ0v) is 32.5. The molecule has 2 aromatic heterocycles. The Bertz CT molecular complexity index is 1750. The molecule has 12 heteroatoms. The van der Waals surface area contributed by atoms with Crippen LogP contribution in [0.1, 0.15) is 71.3 Å². The molecule has 6 unspecified atom stereocenters. The van der Waals surface area contributed by atoms with Crippen LogP contribution in [-0.4, -0.2) is 88.5 Å². The monoisotopic (exact) mass is 740 g/mol. The van der Waals surface area contributed by atoms with Gasteiger partial charge in [0.25, 0.3) is 0 Å². The van der Waals surface area contributed by atoms with E-state index in [1.54, 1.807) is 11.1 Å². The number of benzene rings is 1. The van der Waals surface area contributed by atoms with Crippen LogP contribution in [0.3, 0.4) is 0 Å². The Morgan fingerprint density at radius 1 is 0.722 bits per heavy atom. The molecule has 3 aromatic rings. The van der Waals surface area contributed by atoms with E-state index >= 15 is 0 Å². The van der Waals surface area contributed by atoms with Crippen molar-refractivity contribution in [3.8, 4) is 0 Å². The number of nitrogens with zero attached hydrogens (tertiary/aromatic N) is 4. The molecule has 2 saturated heterocycles. The number of alkyl carbamates (subject to hydrolysis) is 1. The van der Waals surface area contributed by atoms with E-state index in [2.05, 4.69) is 21.4 Å². The van der Waals surface area contributed by atoms with E-state index in [0.29, 0.717) is 50.5 Å². The quantitative estimate of drug-likeness (QED) is 0.266. The van der Waals surface area contributed by atoms with E-state index in [1.165, 1.54) is 0 Å². The second kappa shape index (κ2) is 15.6. The first-order chi connectivity index (χ1) is 25.7. The Morgan fingerprint density at radius 2 is 1.20 bits per heavy atom. The van der Waals surface area contributed by atoms with Crippen molar-refractivity contribution in [1.82, 2.24) is 25.1 Å². The summed E-state index contributed by atoms with van der Waals surface area (Å²) in [5, 5.41) is 2.96. The maximum absolute atomic E-state index is 12.6. The molecule has 0 radical (unpaired) electrons. The molecule has 290 valence electrons. The summed E-state index contributed by atoms with van der Waals surface area (Å²) < 4.78 is 16.5. The van der Waals surface area contributed by atoms with E-state index in [-0.39, 0.29) is 35.5 Å². The molecule has 7 rings (SSSR count). The zero-order chi connectivity index (χ0) is 38.7. The maximum Gasteiger partial charge on any atom is 0.410 e. The van der Waals surface area contributed by atoms with Gasteiger partial charge in [0.1, 0.15) is 17.8 Å². The highest BCUT2D eigenvalue weighted by Crippen LogP contribution is 2.63. The minimum atomic E-state index is -0.528. The van der Waals surface area contributed by atoms with Crippen molar-refractivity contribution in [1.29, 1.82) is 0 Å². The maximum atomic E-state index is 12.6. The first-order valence-electron chi connectivity index (χ1n) is 19.1. The Kier molecular flexibility index (Phi) is 11.2. The number of nitrogens with one attached hydrogen (secondary N) is 1. The number of carbonyl (C=O) groups excluding carboxylic acids is 3. The van der Waals surface area contributed by atoms with Crippen LogP contribution in [0, 0.1) is 23.7 Å².